The zero-order chi connectivity index (χ0) is 9.36. The van der Waals surface area contributed by atoms with Crippen LogP contribution in [0.3, 0.4) is 0 Å². The molecule has 0 spiro atoms. The van der Waals surface area contributed by atoms with Crippen LogP contribution >= 0.6 is 0 Å². The Kier molecular flexibility index (Phi) is 4.95. The molecule has 1 nitrogen and oxygen atoms in total. The van der Waals surface area contributed by atoms with Gasteiger partial charge in [0.15, 0.2) is 0 Å². The number of ether oxygens (including phenoxy) is 1. The minimum atomic E-state index is 0.689. The molecule has 1 heteroatoms. The molecule has 1 radical (unpaired) electrons. The van der Waals surface area contributed by atoms with Gasteiger partial charge < -0.3 is 4.74 Å². The molecule has 13 heavy (non-hydrogen) atoms. The van der Waals surface area contributed by atoms with Gasteiger partial charge in [-0.05, 0) is 18.4 Å². The van der Waals surface area contributed by atoms with Crippen LogP contribution in [-0.2, 0) is 11.3 Å². The summed E-state index contributed by atoms with van der Waals surface area (Å²) >= 11 is 0. The van der Waals surface area contributed by atoms with Gasteiger partial charge in [-0.1, -0.05) is 36.4 Å². The van der Waals surface area contributed by atoms with Crippen molar-refractivity contribution >= 4 is 0 Å². The van der Waals surface area contributed by atoms with Gasteiger partial charge in [-0.25, -0.2) is 0 Å². The van der Waals surface area contributed by atoms with Gasteiger partial charge in [0.25, 0.3) is 0 Å². The van der Waals surface area contributed by atoms with Crippen LogP contribution in [0.1, 0.15) is 12.0 Å². The van der Waals surface area contributed by atoms with E-state index in [1.807, 2.05) is 24.3 Å². The predicted octanol–water partition coefficient (Wildman–Crippen LogP) is 2.98. The minimum Gasteiger partial charge on any atom is -0.376 e. The Morgan fingerprint density at radius 1 is 1.23 bits per heavy atom. The zero-order valence-electron chi connectivity index (χ0n) is 7.78. The Hall–Kier alpha value is -1.08. The van der Waals surface area contributed by atoms with Gasteiger partial charge in [0.1, 0.15) is 0 Å². The molecule has 0 heterocycles. The zero-order valence-corrected chi connectivity index (χ0v) is 7.78. The van der Waals surface area contributed by atoms with Gasteiger partial charge in [0, 0.05) is 0 Å². The van der Waals surface area contributed by atoms with Crippen LogP contribution in [0.15, 0.2) is 43.0 Å². The van der Waals surface area contributed by atoms with Crippen molar-refractivity contribution in [3.8, 4) is 0 Å². The van der Waals surface area contributed by atoms with Crippen molar-refractivity contribution in [1.82, 2.24) is 0 Å². The molecule has 0 aliphatic rings. The normalized spacial score (nSPS) is 9.85. The standard InChI is InChI=1S/C12H15O/c1-2-3-7-10-13-11-12-8-5-4-6-9-12/h2,4-9H,1,3,10-11H2. The summed E-state index contributed by atoms with van der Waals surface area (Å²) in [5.41, 5.74) is 1.22. The van der Waals surface area contributed by atoms with Crippen molar-refractivity contribution in [2.45, 2.75) is 13.0 Å². The lowest BCUT2D eigenvalue weighted by Crippen LogP contribution is -1.95. The van der Waals surface area contributed by atoms with E-state index >= 15 is 0 Å². The van der Waals surface area contributed by atoms with Crippen LogP contribution in [0, 0.1) is 6.42 Å². The highest BCUT2D eigenvalue weighted by molar-refractivity contribution is 5.13. The molecule has 0 aromatic heterocycles. The van der Waals surface area contributed by atoms with E-state index in [1.54, 1.807) is 0 Å². The van der Waals surface area contributed by atoms with Crippen molar-refractivity contribution in [3.63, 3.8) is 0 Å². The molecular weight excluding hydrogens is 160 g/mol. The molecule has 0 aliphatic carbocycles. The first-order valence-corrected chi connectivity index (χ1v) is 4.47. The lowest BCUT2D eigenvalue weighted by atomic mass is 10.2. The molecule has 0 N–H and O–H groups in total. The summed E-state index contributed by atoms with van der Waals surface area (Å²) in [5.74, 6) is 0. The van der Waals surface area contributed by atoms with Gasteiger partial charge in [-0.15, -0.1) is 6.58 Å². The fraction of sp³-hybridized carbons (Fsp3) is 0.250. The number of allylic oxidation sites excluding steroid dienone is 1. The van der Waals surface area contributed by atoms with Gasteiger partial charge in [-0.3, -0.25) is 0 Å². The summed E-state index contributed by atoms with van der Waals surface area (Å²) in [6, 6.07) is 10.2. The second kappa shape index (κ2) is 6.44. The summed E-state index contributed by atoms with van der Waals surface area (Å²) in [4.78, 5) is 0. The number of benzene rings is 1. The highest BCUT2D eigenvalue weighted by Crippen LogP contribution is 2.00. The third-order valence-corrected chi connectivity index (χ3v) is 1.68. The van der Waals surface area contributed by atoms with Gasteiger partial charge in [0.05, 0.1) is 13.2 Å². The van der Waals surface area contributed by atoms with E-state index in [9.17, 15) is 0 Å². The molecule has 0 atom stereocenters. The van der Waals surface area contributed by atoms with Crippen LogP contribution in [0.25, 0.3) is 0 Å². The van der Waals surface area contributed by atoms with Crippen molar-refractivity contribution in [2.24, 2.45) is 0 Å². The first-order chi connectivity index (χ1) is 6.43. The summed E-state index contributed by atoms with van der Waals surface area (Å²) in [6.07, 6.45) is 4.84. The molecule has 69 valence electrons. The third-order valence-electron chi connectivity index (χ3n) is 1.68. The van der Waals surface area contributed by atoms with Crippen molar-refractivity contribution in [3.05, 3.63) is 55.0 Å². The van der Waals surface area contributed by atoms with Crippen molar-refractivity contribution < 1.29 is 4.74 Å². The highest BCUT2D eigenvalue weighted by atomic mass is 16.5. The van der Waals surface area contributed by atoms with E-state index in [4.69, 9.17) is 4.74 Å². The SMILES string of the molecule is C=CC[CH]COCc1ccccc1. The third kappa shape index (κ3) is 4.48. The van der Waals surface area contributed by atoms with E-state index in [2.05, 4.69) is 25.1 Å². The summed E-state index contributed by atoms with van der Waals surface area (Å²) in [7, 11) is 0. The quantitative estimate of drug-likeness (QED) is 0.477. The van der Waals surface area contributed by atoms with Crippen LogP contribution in [-0.4, -0.2) is 6.61 Å². The molecule has 1 rings (SSSR count). The maximum Gasteiger partial charge on any atom is 0.0717 e. The highest BCUT2D eigenvalue weighted by Gasteiger charge is 1.90. The summed E-state index contributed by atoms with van der Waals surface area (Å²) in [5, 5.41) is 0. The first-order valence-electron chi connectivity index (χ1n) is 4.47. The molecule has 0 fully saturated rings. The molecule has 0 saturated heterocycles. The largest absolute Gasteiger partial charge is 0.376 e. The average molecular weight is 175 g/mol. The first kappa shape index (κ1) is 10.0. The maximum atomic E-state index is 5.42. The monoisotopic (exact) mass is 175 g/mol. The van der Waals surface area contributed by atoms with E-state index in [-0.39, 0.29) is 0 Å². The molecule has 0 aliphatic heterocycles. The van der Waals surface area contributed by atoms with Gasteiger partial charge in [0.2, 0.25) is 0 Å². The topological polar surface area (TPSA) is 9.23 Å². The fourth-order valence-electron chi connectivity index (χ4n) is 1.02. The van der Waals surface area contributed by atoms with Crippen molar-refractivity contribution in [2.75, 3.05) is 6.61 Å². The second-order valence-electron chi connectivity index (χ2n) is 2.81. The summed E-state index contributed by atoms with van der Waals surface area (Å²) in [6.45, 7) is 5.01. The molecule has 1 aromatic rings. The fourth-order valence-corrected chi connectivity index (χ4v) is 1.02. The second-order valence-corrected chi connectivity index (χ2v) is 2.81. The van der Waals surface area contributed by atoms with Crippen LogP contribution in [0.4, 0.5) is 0 Å². The van der Waals surface area contributed by atoms with E-state index in [0.29, 0.717) is 13.2 Å². The Morgan fingerprint density at radius 3 is 2.69 bits per heavy atom. The van der Waals surface area contributed by atoms with Gasteiger partial charge in [-0.2, -0.15) is 0 Å². The molecule has 0 amide bonds. The lowest BCUT2D eigenvalue weighted by molar-refractivity contribution is 0.139. The van der Waals surface area contributed by atoms with E-state index in [0.717, 1.165) is 6.42 Å². The predicted molar refractivity (Wildman–Crippen MR) is 55.2 cm³/mol. The Balaban J connectivity index is 2.10. The van der Waals surface area contributed by atoms with Crippen molar-refractivity contribution in [1.29, 1.82) is 0 Å². The smallest absolute Gasteiger partial charge is 0.0717 e. The molecule has 0 bridgehead atoms. The van der Waals surface area contributed by atoms with Crippen LogP contribution < -0.4 is 0 Å². The number of unbranched alkanes of at least 4 members (excludes halogenated alkanes) is 1. The number of hydrogen-bond acceptors (Lipinski definition) is 1. The number of rotatable bonds is 6. The molecular formula is C12H15O. The number of hydrogen-bond donors (Lipinski definition) is 0. The Morgan fingerprint density at radius 2 is 2.00 bits per heavy atom. The maximum absolute atomic E-state index is 5.42. The van der Waals surface area contributed by atoms with E-state index < -0.39 is 0 Å². The van der Waals surface area contributed by atoms with E-state index in [1.165, 1.54) is 5.56 Å². The molecule has 0 saturated carbocycles. The lowest BCUT2D eigenvalue weighted by Gasteiger charge is -2.02. The molecule has 1 aromatic carbocycles. The Labute approximate surface area is 80.0 Å². The Bertz CT molecular complexity index is 228. The molecule has 0 unspecified atom stereocenters. The average Bonchev–Trinajstić information content (AvgIpc) is 2.19. The minimum absolute atomic E-state index is 0.689. The van der Waals surface area contributed by atoms with Gasteiger partial charge >= 0.3 is 0 Å². The summed E-state index contributed by atoms with van der Waals surface area (Å²) < 4.78 is 5.42. The van der Waals surface area contributed by atoms with Crippen LogP contribution in [0.5, 0.6) is 0 Å². The van der Waals surface area contributed by atoms with Crippen LogP contribution in [0.2, 0.25) is 0 Å².